The number of ether oxygens (including phenoxy) is 1. The molecule has 1 aromatic carbocycles. The van der Waals surface area contributed by atoms with Crippen molar-refractivity contribution in [2.75, 3.05) is 19.0 Å². The molecule has 0 aliphatic rings. The van der Waals surface area contributed by atoms with E-state index in [4.69, 9.17) is 16.3 Å². The van der Waals surface area contributed by atoms with Crippen LogP contribution < -0.4 is 10.1 Å². The molecular weight excluding hydrogens is 300 g/mol. The minimum absolute atomic E-state index is 0.0174. The molecule has 21 heavy (non-hydrogen) atoms. The second kappa shape index (κ2) is 8.43. The van der Waals surface area contributed by atoms with Gasteiger partial charge in [-0.25, -0.2) is 0 Å². The quantitative estimate of drug-likeness (QED) is 0.432. The zero-order valence-electron chi connectivity index (χ0n) is 11.5. The summed E-state index contributed by atoms with van der Waals surface area (Å²) in [5, 5.41) is 23.0. The molecule has 1 amide bonds. The average Bonchev–Trinajstić information content (AvgIpc) is 2.49. The largest absolute Gasteiger partial charge is 0.484 e. The Kier molecular flexibility index (Phi) is 6.90. The molecule has 1 unspecified atom stereocenters. The van der Waals surface area contributed by atoms with Crippen molar-refractivity contribution in [2.45, 2.75) is 19.4 Å². The van der Waals surface area contributed by atoms with E-state index in [0.29, 0.717) is 6.54 Å². The molecule has 1 atom stereocenters. The van der Waals surface area contributed by atoms with Crippen LogP contribution in [0.3, 0.4) is 0 Å². The highest BCUT2D eigenvalue weighted by Gasteiger charge is 2.19. The number of nitrogens with zero attached hydrogens (tertiary/aromatic N) is 1. The van der Waals surface area contributed by atoms with Gasteiger partial charge in [0.2, 0.25) is 0 Å². The van der Waals surface area contributed by atoms with Crippen molar-refractivity contribution in [2.24, 2.45) is 0 Å². The second-order valence-corrected chi connectivity index (χ2v) is 4.62. The molecule has 0 saturated carbocycles. The summed E-state index contributed by atoms with van der Waals surface area (Å²) in [4.78, 5) is 22.2. The highest BCUT2D eigenvalue weighted by Crippen LogP contribution is 2.28. The summed E-state index contributed by atoms with van der Waals surface area (Å²) in [7, 11) is 0. The van der Waals surface area contributed by atoms with Gasteiger partial charge in [0, 0.05) is 18.2 Å². The Morgan fingerprint density at radius 2 is 2.29 bits per heavy atom. The van der Waals surface area contributed by atoms with E-state index in [1.54, 1.807) is 0 Å². The number of nitrogens with one attached hydrogen (secondary N) is 1. The van der Waals surface area contributed by atoms with Crippen LogP contribution in [0.4, 0.5) is 5.69 Å². The van der Waals surface area contributed by atoms with E-state index >= 15 is 0 Å². The lowest BCUT2D eigenvalue weighted by Crippen LogP contribution is -2.24. The third kappa shape index (κ3) is 5.20. The molecule has 2 N–H and O–H groups in total. The number of benzene rings is 1. The monoisotopic (exact) mass is 316 g/mol. The molecule has 0 spiro atoms. The predicted molar refractivity (Wildman–Crippen MR) is 77.9 cm³/mol. The van der Waals surface area contributed by atoms with E-state index < -0.39 is 11.0 Å². The maximum Gasteiger partial charge on any atom is 0.311 e. The highest BCUT2D eigenvalue weighted by atomic mass is 35.5. The average molecular weight is 317 g/mol. The van der Waals surface area contributed by atoms with Crippen LogP contribution in [0, 0.1) is 10.1 Å². The summed E-state index contributed by atoms with van der Waals surface area (Å²) in [6, 6.07) is 3.91. The summed E-state index contributed by atoms with van der Waals surface area (Å²) in [5.74, 6) is -0.436. The van der Waals surface area contributed by atoms with Gasteiger partial charge in [-0.2, -0.15) is 0 Å². The normalized spacial score (nSPS) is 11.8. The summed E-state index contributed by atoms with van der Waals surface area (Å²) in [6.45, 7) is 2.24. The van der Waals surface area contributed by atoms with Crippen molar-refractivity contribution >= 4 is 23.2 Å². The predicted octanol–water partition coefficient (Wildman–Crippen LogP) is 1.71. The smallest absolute Gasteiger partial charge is 0.311 e. The van der Waals surface area contributed by atoms with Gasteiger partial charge in [-0.3, -0.25) is 14.9 Å². The molecule has 0 aromatic heterocycles. The number of nitro benzene ring substituents is 1. The molecule has 0 radical (unpaired) electrons. The van der Waals surface area contributed by atoms with Gasteiger partial charge < -0.3 is 15.2 Å². The number of carbonyl (C=O) groups excluding carboxylic acids is 1. The van der Waals surface area contributed by atoms with Gasteiger partial charge >= 0.3 is 5.69 Å². The van der Waals surface area contributed by atoms with Crippen LogP contribution in [0.5, 0.6) is 5.75 Å². The number of alkyl halides is 1. The topological polar surface area (TPSA) is 102 Å². The second-order valence-electron chi connectivity index (χ2n) is 4.31. The molecule has 116 valence electrons. The fraction of sp³-hybridized carbons (Fsp3) is 0.462. The maximum atomic E-state index is 11.8. The lowest BCUT2D eigenvalue weighted by molar-refractivity contribution is -0.385. The number of hydrogen-bond acceptors (Lipinski definition) is 5. The Morgan fingerprint density at radius 1 is 1.57 bits per heavy atom. The van der Waals surface area contributed by atoms with Gasteiger partial charge in [0.15, 0.2) is 5.75 Å². The first-order valence-corrected chi connectivity index (χ1v) is 6.96. The number of aliphatic hydroxyl groups excluding tert-OH is 1. The molecule has 0 fully saturated rings. The molecular formula is C13H17ClN2O5. The van der Waals surface area contributed by atoms with Crippen LogP contribution in [0.2, 0.25) is 0 Å². The minimum Gasteiger partial charge on any atom is -0.484 e. The first-order valence-electron chi connectivity index (χ1n) is 6.43. The molecule has 0 heterocycles. The van der Waals surface area contributed by atoms with Crippen molar-refractivity contribution in [1.82, 2.24) is 5.32 Å². The summed E-state index contributed by atoms with van der Waals surface area (Å²) in [5.41, 5.74) is -0.152. The molecule has 0 saturated heterocycles. The Hall–Kier alpha value is -1.86. The Morgan fingerprint density at radius 3 is 2.86 bits per heavy atom. The van der Waals surface area contributed by atoms with E-state index in [1.165, 1.54) is 12.1 Å². The van der Waals surface area contributed by atoms with Gasteiger partial charge in [0.1, 0.15) is 12.7 Å². The maximum absolute atomic E-state index is 11.8. The number of nitro groups is 1. The van der Waals surface area contributed by atoms with E-state index in [0.717, 1.165) is 12.5 Å². The molecule has 0 aliphatic carbocycles. The van der Waals surface area contributed by atoms with E-state index in [2.05, 4.69) is 5.32 Å². The highest BCUT2D eigenvalue weighted by molar-refractivity contribution is 6.18. The van der Waals surface area contributed by atoms with Gasteiger partial charge in [-0.1, -0.05) is 6.92 Å². The first-order chi connectivity index (χ1) is 9.99. The lowest BCUT2D eigenvalue weighted by atomic mass is 10.1. The lowest BCUT2D eigenvalue weighted by Gasteiger charge is -2.10. The summed E-state index contributed by atoms with van der Waals surface area (Å²) < 4.78 is 5.16. The first kappa shape index (κ1) is 17.2. The number of hydrogen-bond donors (Lipinski definition) is 2. The molecule has 1 aromatic rings. The zero-order valence-corrected chi connectivity index (χ0v) is 12.3. The fourth-order valence-corrected chi connectivity index (χ4v) is 1.58. The van der Waals surface area contributed by atoms with Crippen LogP contribution in [0.25, 0.3) is 0 Å². The van der Waals surface area contributed by atoms with Crippen molar-refractivity contribution < 1.29 is 19.6 Å². The van der Waals surface area contributed by atoms with Crippen molar-refractivity contribution in [3.63, 3.8) is 0 Å². The Bertz CT molecular complexity index is 509. The van der Waals surface area contributed by atoms with Crippen LogP contribution in [-0.2, 0) is 0 Å². The molecule has 8 heteroatoms. The van der Waals surface area contributed by atoms with Crippen LogP contribution in [0.1, 0.15) is 23.7 Å². The van der Waals surface area contributed by atoms with E-state index in [1.807, 2.05) is 6.92 Å². The van der Waals surface area contributed by atoms with E-state index in [-0.39, 0.29) is 35.4 Å². The number of aliphatic hydroxyl groups is 1. The van der Waals surface area contributed by atoms with Gasteiger partial charge in [0.05, 0.1) is 10.8 Å². The molecule has 7 nitrogen and oxygen atoms in total. The van der Waals surface area contributed by atoms with Gasteiger partial charge in [-0.05, 0) is 18.6 Å². The number of halogens is 1. The van der Waals surface area contributed by atoms with Crippen molar-refractivity contribution in [3.05, 3.63) is 33.9 Å². The van der Waals surface area contributed by atoms with Crippen molar-refractivity contribution in [1.29, 1.82) is 0 Å². The fourth-order valence-electron chi connectivity index (χ4n) is 1.49. The standard InChI is InChI=1S/C13H17ClN2O5/c1-2-5-15-13(18)9-3-4-12(11(6-9)16(19)20)21-8-10(17)7-14/h3-4,6,10,17H,2,5,7-8H2,1H3,(H,15,18). The zero-order chi connectivity index (χ0) is 15.8. The van der Waals surface area contributed by atoms with Crippen LogP contribution in [-0.4, -0.2) is 41.1 Å². The Labute approximate surface area is 127 Å². The number of rotatable bonds is 8. The third-order valence-corrected chi connectivity index (χ3v) is 2.92. The summed E-state index contributed by atoms with van der Waals surface area (Å²) in [6.07, 6.45) is -0.149. The van der Waals surface area contributed by atoms with Gasteiger partial charge in [-0.15, -0.1) is 11.6 Å². The van der Waals surface area contributed by atoms with Crippen LogP contribution >= 0.6 is 11.6 Å². The van der Waals surface area contributed by atoms with Crippen molar-refractivity contribution in [3.8, 4) is 5.75 Å². The summed E-state index contributed by atoms with van der Waals surface area (Å²) >= 11 is 5.42. The number of carbonyl (C=O) groups is 1. The van der Waals surface area contributed by atoms with E-state index in [9.17, 15) is 20.0 Å². The number of amides is 1. The molecule has 1 rings (SSSR count). The Balaban J connectivity index is 2.91. The van der Waals surface area contributed by atoms with Gasteiger partial charge in [0.25, 0.3) is 5.91 Å². The van der Waals surface area contributed by atoms with Crippen LogP contribution in [0.15, 0.2) is 18.2 Å². The molecule has 0 bridgehead atoms. The minimum atomic E-state index is -0.918. The molecule has 0 aliphatic heterocycles. The SMILES string of the molecule is CCCNC(=O)c1ccc(OCC(O)CCl)c([N+](=O)[O-])c1. The third-order valence-electron chi connectivity index (χ3n) is 2.56.